The van der Waals surface area contributed by atoms with E-state index in [1.807, 2.05) is 65.0 Å². The Morgan fingerprint density at radius 3 is 2.21 bits per heavy atom. The molecule has 0 amide bonds. The third kappa shape index (κ3) is 16.3. The molecule has 1 saturated heterocycles. The Morgan fingerprint density at radius 1 is 1.13 bits per heavy atom. The minimum absolute atomic E-state index is 0.0695. The smallest absolute Gasteiger partial charge is 0.330 e. The summed E-state index contributed by atoms with van der Waals surface area (Å²) in [5.41, 5.74) is 4.24. The van der Waals surface area contributed by atoms with Crippen molar-refractivity contribution >= 4 is 18.6 Å². The molecule has 1 aliphatic rings. The molecule has 2 aromatic rings. The summed E-state index contributed by atoms with van der Waals surface area (Å²) in [4.78, 5) is 43.2. The van der Waals surface area contributed by atoms with E-state index in [0.717, 1.165) is 12.0 Å². The number of benzene rings is 1. The van der Waals surface area contributed by atoms with Gasteiger partial charge in [0.05, 0.1) is 18.8 Å². The zero-order valence-electron chi connectivity index (χ0n) is 24.6. The van der Waals surface area contributed by atoms with Crippen molar-refractivity contribution in [1.82, 2.24) is 20.6 Å². The third-order valence-electron chi connectivity index (χ3n) is 4.66. The van der Waals surface area contributed by atoms with Gasteiger partial charge in [-0.2, -0.15) is 0 Å². The molecule has 0 radical (unpaired) electrons. The van der Waals surface area contributed by atoms with Crippen LogP contribution in [0, 0.1) is 5.92 Å². The first kappa shape index (κ1) is 38.7. The minimum atomic E-state index is -0.576. The summed E-state index contributed by atoms with van der Waals surface area (Å²) in [5.74, 6) is -0.320. The van der Waals surface area contributed by atoms with Gasteiger partial charge in [-0.15, -0.1) is 18.2 Å². The largest absolute Gasteiger partial charge is 0.462 e. The van der Waals surface area contributed by atoms with E-state index in [9.17, 15) is 14.4 Å². The van der Waals surface area contributed by atoms with Crippen LogP contribution in [-0.4, -0.2) is 52.6 Å². The van der Waals surface area contributed by atoms with Crippen LogP contribution in [0.15, 0.2) is 57.1 Å². The van der Waals surface area contributed by atoms with Crippen molar-refractivity contribution < 1.29 is 24.2 Å². The van der Waals surface area contributed by atoms with E-state index in [2.05, 4.69) is 28.6 Å². The first-order chi connectivity index (χ1) is 18.7. The van der Waals surface area contributed by atoms with E-state index >= 15 is 0 Å². The van der Waals surface area contributed by atoms with Gasteiger partial charge >= 0.3 is 11.7 Å². The highest BCUT2D eigenvalue weighted by Crippen LogP contribution is 2.32. The predicted molar refractivity (Wildman–Crippen MR) is 156 cm³/mol. The maximum Gasteiger partial charge on any atom is 0.330 e. The number of esters is 1. The summed E-state index contributed by atoms with van der Waals surface area (Å²) in [7, 11) is 1.00. The fourth-order valence-corrected chi connectivity index (χ4v) is 3.25. The van der Waals surface area contributed by atoms with Crippen molar-refractivity contribution in [2.24, 2.45) is 5.92 Å². The van der Waals surface area contributed by atoms with Gasteiger partial charge in [-0.3, -0.25) is 24.0 Å². The molecule has 4 N–H and O–H groups in total. The summed E-state index contributed by atoms with van der Waals surface area (Å²) in [6.07, 6.45) is 1.21. The average molecular weight is 573 g/mol. The number of nitrogens with zero attached hydrogens (tertiary/aromatic N) is 1. The number of nitrogens with one attached hydrogen (secondary N) is 3. The molecular weight excluding hydrogens is 524 g/mol. The molecule has 11 nitrogen and oxygen atoms in total. The number of hydrogen-bond acceptors (Lipinski definition) is 10. The van der Waals surface area contributed by atoms with Gasteiger partial charge in [-0.25, -0.2) is 10.2 Å². The summed E-state index contributed by atoms with van der Waals surface area (Å²) in [5, 5.41) is 7.00. The topological polar surface area (TPSA) is 144 Å². The van der Waals surface area contributed by atoms with Crippen LogP contribution in [0.2, 0.25) is 0 Å². The van der Waals surface area contributed by atoms with Crippen LogP contribution < -0.4 is 22.3 Å². The Kier molecular flexibility index (Phi) is 23.2. The van der Waals surface area contributed by atoms with Crippen LogP contribution >= 0.6 is 12.6 Å². The molecule has 2 heterocycles. The SMILES string of the molecule is CC.CC.CC(C)OC(=O)C(C)NNOCC1CC(C)C(n2ccc(=O)[nH]c2=O)O1.CO.Sc1ccccc1. The number of carbonyl (C=O) groups is 1. The van der Waals surface area contributed by atoms with Crippen LogP contribution in [-0.2, 0) is 19.1 Å². The fraction of sp³-hybridized carbons (Fsp3) is 0.593. The molecule has 1 aromatic carbocycles. The second-order valence-electron chi connectivity index (χ2n) is 7.98. The van der Waals surface area contributed by atoms with E-state index in [4.69, 9.17) is 19.4 Å². The van der Waals surface area contributed by atoms with Gasteiger partial charge in [0.2, 0.25) is 0 Å². The van der Waals surface area contributed by atoms with Crippen LogP contribution in [0.3, 0.4) is 0 Å². The van der Waals surface area contributed by atoms with Gasteiger partial charge in [0, 0.05) is 30.2 Å². The number of aromatic amines is 1. The lowest BCUT2D eigenvalue weighted by molar-refractivity contribution is -0.152. The molecular formula is C27H48N4O7S. The van der Waals surface area contributed by atoms with Crippen molar-refractivity contribution in [3.8, 4) is 0 Å². The molecule has 4 atom stereocenters. The molecule has 39 heavy (non-hydrogen) atoms. The molecule has 0 aliphatic carbocycles. The molecule has 1 fully saturated rings. The second-order valence-corrected chi connectivity index (χ2v) is 8.50. The highest BCUT2D eigenvalue weighted by atomic mass is 32.1. The molecule has 3 rings (SSSR count). The molecule has 4 unspecified atom stereocenters. The monoisotopic (exact) mass is 572 g/mol. The molecule has 1 aliphatic heterocycles. The van der Waals surface area contributed by atoms with Crippen LogP contribution in [0.5, 0.6) is 0 Å². The molecule has 0 saturated carbocycles. The Morgan fingerprint density at radius 2 is 1.72 bits per heavy atom. The number of ether oxygens (including phenoxy) is 2. The van der Waals surface area contributed by atoms with Crippen molar-refractivity contribution in [2.75, 3.05) is 13.7 Å². The summed E-state index contributed by atoms with van der Waals surface area (Å²) in [6, 6.07) is 10.5. The zero-order valence-corrected chi connectivity index (χ0v) is 25.5. The molecule has 1 aromatic heterocycles. The van der Waals surface area contributed by atoms with Crippen molar-refractivity contribution in [3.05, 3.63) is 63.4 Å². The van der Waals surface area contributed by atoms with E-state index in [-0.39, 0.29) is 30.7 Å². The standard InChI is InChI=1S/C16H26N4O6.C6H6S.2C2H6.CH4O/c1-9(2)25-15(22)11(4)18-19-24-8-12-7-10(3)14(26-12)20-6-5-13(21)17-16(20)23;7-6-4-2-1-3-5-6;3*1-2/h5-6,9-12,14,18-19H,7-8H2,1-4H3,(H,17,21,23);1-5,7H;2*1-2H3;2H,1H3. The van der Waals surface area contributed by atoms with Crippen LogP contribution in [0.4, 0.5) is 0 Å². The van der Waals surface area contributed by atoms with Crippen LogP contribution in [0.1, 0.15) is 68.0 Å². The maximum atomic E-state index is 11.9. The lowest BCUT2D eigenvalue weighted by atomic mass is 10.1. The highest BCUT2D eigenvalue weighted by Gasteiger charge is 2.34. The highest BCUT2D eigenvalue weighted by molar-refractivity contribution is 7.80. The molecule has 0 bridgehead atoms. The number of aliphatic hydroxyl groups is 1. The Bertz CT molecular complexity index is 986. The Hall–Kier alpha value is -2.48. The number of H-pyrrole nitrogens is 1. The average Bonchev–Trinajstić information content (AvgIpc) is 3.30. The fourth-order valence-electron chi connectivity index (χ4n) is 3.08. The first-order valence-electron chi connectivity index (χ1n) is 13.2. The summed E-state index contributed by atoms with van der Waals surface area (Å²) >= 11 is 4.08. The number of aromatic nitrogens is 2. The predicted octanol–water partition coefficient (Wildman–Crippen LogP) is 3.46. The molecule has 224 valence electrons. The lowest BCUT2D eigenvalue weighted by Gasteiger charge is -2.18. The van der Waals surface area contributed by atoms with Gasteiger partial charge in [-0.1, -0.05) is 52.8 Å². The third-order valence-corrected chi connectivity index (χ3v) is 4.96. The van der Waals surface area contributed by atoms with Crippen molar-refractivity contribution in [3.63, 3.8) is 0 Å². The summed E-state index contributed by atoms with van der Waals surface area (Å²) < 4.78 is 12.3. The van der Waals surface area contributed by atoms with E-state index < -0.39 is 23.5 Å². The maximum absolute atomic E-state index is 11.9. The van der Waals surface area contributed by atoms with Gasteiger partial charge in [0.25, 0.3) is 5.56 Å². The van der Waals surface area contributed by atoms with Gasteiger partial charge < -0.3 is 14.6 Å². The number of hydrogen-bond donors (Lipinski definition) is 5. The number of hydrazine groups is 1. The number of carbonyl (C=O) groups excluding carboxylic acids is 1. The zero-order chi connectivity index (χ0) is 30.4. The lowest BCUT2D eigenvalue weighted by Crippen LogP contribution is -2.45. The Balaban J connectivity index is 0. The minimum Gasteiger partial charge on any atom is -0.462 e. The summed E-state index contributed by atoms with van der Waals surface area (Å²) in [6.45, 7) is 15.4. The van der Waals surface area contributed by atoms with Gasteiger partial charge in [0.1, 0.15) is 12.3 Å². The van der Waals surface area contributed by atoms with Gasteiger partial charge in [0.15, 0.2) is 0 Å². The quantitative estimate of drug-likeness (QED) is 0.139. The van der Waals surface area contributed by atoms with Gasteiger partial charge in [-0.05, 0) is 39.3 Å². The second kappa shape index (κ2) is 23.4. The number of rotatable bonds is 8. The molecule has 12 heteroatoms. The van der Waals surface area contributed by atoms with E-state index in [1.165, 1.54) is 16.8 Å². The van der Waals surface area contributed by atoms with E-state index in [0.29, 0.717) is 6.42 Å². The number of thiol groups is 1. The molecule has 0 spiro atoms. The normalized spacial score (nSPS) is 18.0. The van der Waals surface area contributed by atoms with Crippen LogP contribution in [0.25, 0.3) is 0 Å². The Labute approximate surface area is 237 Å². The first-order valence-corrected chi connectivity index (χ1v) is 13.6. The van der Waals surface area contributed by atoms with E-state index in [1.54, 1.807) is 20.8 Å². The van der Waals surface area contributed by atoms with Crippen molar-refractivity contribution in [2.45, 2.75) is 91.2 Å². The van der Waals surface area contributed by atoms with Crippen molar-refractivity contribution in [1.29, 1.82) is 0 Å². The number of aliphatic hydroxyl groups excluding tert-OH is 1.